The first-order valence-electron chi connectivity index (χ1n) is 18.6. The maximum absolute atomic E-state index is 9.83. The number of pyridine rings is 2. The molecule has 0 saturated heterocycles. The van der Waals surface area contributed by atoms with Gasteiger partial charge in [0.2, 0.25) is 0 Å². The Morgan fingerprint density at radius 3 is 0.933 bits per heavy atom. The molecule has 314 valence electrons. The first kappa shape index (κ1) is 51.8. The van der Waals surface area contributed by atoms with Gasteiger partial charge in [-0.05, 0) is 122 Å². The van der Waals surface area contributed by atoms with E-state index >= 15 is 0 Å². The van der Waals surface area contributed by atoms with Gasteiger partial charge in [-0.25, -0.2) is 9.97 Å². The molecule has 6 aromatic rings. The van der Waals surface area contributed by atoms with Gasteiger partial charge in [0.1, 0.15) is 17.3 Å². The van der Waals surface area contributed by atoms with Crippen molar-refractivity contribution in [3.8, 4) is 22.5 Å². The first-order valence-corrected chi connectivity index (χ1v) is 18.6. The fourth-order valence-electron chi connectivity index (χ4n) is 5.85. The van der Waals surface area contributed by atoms with Crippen LogP contribution in [0.2, 0.25) is 0 Å². The number of rotatable bonds is 8. The topological polar surface area (TPSA) is 197 Å². The van der Waals surface area contributed by atoms with Crippen LogP contribution in [-0.2, 0) is 48.9 Å². The summed E-state index contributed by atoms with van der Waals surface area (Å²) in [6.07, 6.45) is -1.42. The summed E-state index contributed by atoms with van der Waals surface area (Å²) < 4.78 is 0. The van der Waals surface area contributed by atoms with Gasteiger partial charge in [-0.15, -0.1) is 0 Å². The number of Topliss-reactive ketones (excluding diaryl/α,β-unsaturated/α-hetero) is 3. The molecule has 11 nitrogen and oxygen atoms in total. The Labute approximate surface area is 364 Å². The van der Waals surface area contributed by atoms with Crippen molar-refractivity contribution < 1.29 is 64.2 Å². The van der Waals surface area contributed by atoms with Crippen LogP contribution in [0.5, 0.6) is 0 Å². The molecule has 2 heterocycles. The van der Waals surface area contributed by atoms with E-state index in [9.17, 15) is 44.1 Å². The molecule has 12 heteroatoms. The van der Waals surface area contributed by atoms with E-state index in [2.05, 4.69) is 126 Å². The summed E-state index contributed by atoms with van der Waals surface area (Å²) in [4.78, 5) is 67.5. The standard InChI is InChI=1S/2C18H17N.3C4H6O3.Ir/c2*1-12-8-13(2)10-15(9-12)18-11-14(3)16-6-4-5-7-17(16)19-18;3*1-3(5)2-4(6)7;/h2*4-11H,1-3H3;3*2H2,1H3,(H,6,7);/q;;;;;+3/p-3. The number of carboxylic acid groups (broad SMARTS) is 3. The zero-order chi connectivity index (χ0) is 44.4. The zero-order valence-electron chi connectivity index (χ0n) is 35.3. The van der Waals surface area contributed by atoms with Crippen molar-refractivity contribution >= 4 is 57.1 Å². The van der Waals surface area contributed by atoms with Gasteiger partial charge < -0.3 is 29.7 Å². The molecule has 0 saturated carbocycles. The molecule has 0 fully saturated rings. The van der Waals surface area contributed by atoms with Crippen LogP contribution >= 0.6 is 0 Å². The van der Waals surface area contributed by atoms with Crippen LogP contribution in [0, 0.1) is 41.5 Å². The molecular weight excluding hydrogens is 941 g/mol. The summed E-state index contributed by atoms with van der Waals surface area (Å²) in [6.45, 7) is 16.4. The molecule has 6 rings (SSSR count). The molecule has 60 heavy (non-hydrogen) atoms. The van der Waals surface area contributed by atoms with Crippen molar-refractivity contribution in [1.82, 2.24) is 9.97 Å². The van der Waals surface area contributed by atoms with Crippen molar-refractivity contribution in [2.75, 3.05) is 0 Å². The second-order valence-corrected chi connectivity index (χ2v) is 14.2. The molecule has 0 atom stereocenters. The average molecular weight is 990 g/mol. The Balaban J connectivity index is 0.000000409. The number of carboxylic acids is 3. The Morgan fingerprint density at radius 1 is 0.433 bits per heavy atom. The average Bonchev–Trinajstić information content (AvgIpc) is 3.10. The molecule has 2 aromatic heterocycles. The van der Waals surface area contributed by atoms with E-state index in [1.54, 1.807) is 0 Å². The molecular formula is C48H49IrN2O9. The zero-order valence-corrected chi connectivity index (χ0v) is 37.7. The van der Waals surface area contributed by atoms with Crippen LogP contribution in [-0.4, -0.2) is 45.2 Å². The number of aryl methyl sites for hydroxylation is 6. The second kappa shape index (κ2) is 25.3. The van der Waals surface area contributed by atoms with Gasteiger partial charge >= 0.3 is 20.1 Å². The maximum atomic E-state index is 9.83. The molecule has 4 aromatic carbocycles. The third kappa shape index (κ3) is 19.0. The van der Waals surface area contributed by atoms with Crippen molar-refractivity contribution in [2.24, 2.45) is 0 Å². The molecule has 0 aliphatic heterocycles. The monoisotopic (exact) mass is 990 g/mol. The summed E-state index contributed by atoms with van der Waals surface area (Å²) >= 11 is 0. The molecule has 0 bridgehead atoms. The predicted molar refractivity (Wildman–Crippen MR) is 224 cm³/mol. The first-order chi connectivity index (χ1) is 27.6. The van der Waals surface area contributed by atoms with Crippen molar-refractivity contribution in [3.05, 3.63) is 130 Å². The van der Waals surface area contributed by atoms with Crippen molar-refractivity contribution in [2.45, 2.75) is 81.6 Å². The number of carbonyl (C=O) groups is 6. The fourth-order valence-corrected chi connectivity index (χ4v) is 5.85. The minimum absolute atomic E-state index is 0. The van der Waals surface area contributed by atoms with E-state index in [1.165, 1.54) is 76.1 Å². The quantitative estimate of drug-likeness (QED) is 0.167. The Bertz CT molecular complexity index is 2210. The predicted octanol–water partition coefficient (Wildman–Crippen LogP) is 5.80. The molecule has 0 radical (unpaired) electrons. The molecule has 0 aliphatic rings. The minimum atomic E-state index is -1.31. The smallest absolute Gasteiger partial charge is 0.550 e. The van der Waals surface area contributed by atoms with Crippen molar-refractivity contribution in [1.29, 1.82) is 0 Å². The largest absolute Gasteiger partial charge is 3.00 e. The minimum Gasteiger partial charge on any atom is -0.550 e. The van der Waals surface area contributed by atoms with E-state index in [-0.39, 0.29) is 37.5 Å². The fraction of sp³-hybridized carbons (Fsp3) is 0.250. The SMILES string of the molecule is CC(=O)CC(=O)[O-].CC(=O)CC(=O)[O-].CC(=O)CC(=O)[O-].Cc1cc(C)cc(-c2cc(C)c3ccccc3n2)c1.Cc1cc(C)cc(-c2cc(C)c3ccccc3n2)c1.[Ir+3]. The van der Waals surface area contributed by atoms with E-state index in [4.69, 9.17) is 9.97 Å². The van der Waals surface area contributed by atoms with Gasteiger partial charge in [0.15, 0.2) is 0 Å². The van der Waals surface area contributed by atoms with Crippen molar-refractivity contribution in [3.63, 3.8) is 0 Å². The Hall–Kier alpha value is -6.23. The van der Waals surface area contributed by atoms with Gasteiger partial charge in [0, 0.05) is 59.1 Å². The summed E-state index contributed by atoms with van der Waals surface area (Å²) in [7, 11) is 0. The van der Waals surface area contributed by atoms with Gasteiger partial charge in [-0.1, -0.05) is 70.8 Å². The van der Waals surface area contributed by atoms with Crippen LogP contribution in [0.15, 0.2) is 97.1 Å². The number of fused-ring (bicyclic) bond motifs is 2. The number of aliphatic carboxylic acids is 3. The van der Waals surface area contributed by atoms with E-state index in [0.29, 0.717) is 0 Å². The number of benzene rings is 4. The summed E-state index contributed by atoms with van der Waals surface area (Å²) in [5.41, 5.74) is 14.3. The number of ketones is 3. The van der Waals surface area contributed by atoms with E-state index in [0.717, 1.165) is 22.4 Å². The molecule has 0 aliphatic carbocycles. The molecule has 0 amide bonds. The normalized spacial score (nSPS) is 9.75. The summed E-state index contributed by atoms with van der Waals surface area (Å²) in [5.74, 6) is -5.06. The number of para-hydroxylation sites is 2. The third-order valence-corrected chi connectivity index (χ3v) is 8.06. The van der Waals surface area contributed by atoms with E-state index in [1.807, 2.05) is 12.1 Å². The second-order valence-electron chi connectivity index (χ2n) is 14.2. The number of nitrogens with zero attached hydrogens (tertiary/aromatic N) is 2. The van der Waals surface area contributed by atoms with Crippen LogP contribution in [0.1, 0.15) is 73.4 Å². The maximum Gasteiger partial charge on any atom is 3.00 e. The molecule has 0 N–H and O–H groups in total. The van der Waals surface area contributed by atoms with Gasteiger partial charge in [-0.2, -0.15) is 0 Å². The number of aromatic nitrogens is 2. The number of hydrogen-bond donors (Lipinski definition) is 0. The van der Waals surface area contributed by atoms with Gasteiger partial charge in [-0.3, -0.25) is 14.4 Å². The van der Waals surface area contributed by atoms with Crippen LogP contribution in [0.3, 0.4) is 0 Å². The summed E-state index contributed by atoms with van der Waals surface area (Å²) in [6, 6.07) is 34.2. The van der Waals surface area contributed by atoms with Gasteiger partial charge in [0.05, 0.1) is 22.4 Å². The van der Waals surface area contributed by atoms with Gasteiger partial charge in [0.25, 0.3) is 0 Å². The van der Waals surface area contributed by atoms with Crippen LogP contribution < -0.4 is 15.3 Å². The molecule has 0 spiro atoms. The van der Waals surface area contributed by atoms with Crippen LogP contribution in [0.4, 0.5) is 0 Å². The van der Waals surface area contributed by atoms with E-state index < -0.39 is 37.2 Å². The number of carbonyl (C=O) groups excluding carboxylic acids is 6. The Kier molecular flexibility index (Phi) is 21.8. The number of hydrogen-bond acceptors (Lipinski definition) is 11. The summed E-state index contributed by atoms with van der Waals surface area (Å²) in [5, 5.41) is 30.9. The van der Waals surface area contributed by atoms with Crippen LogP contribution in [0.25, 0.3) is 44.3 Å². The molecule has 0 unspecified atom stereocenters. The Morgan fingerprint density at radius 2 is 0.700 bits per heavy atom. The third-order valence-electron chi connectivity index (χ3n) is 8.06.